The number of nitrogens with one attached hydrogen (secondary N) is 2. The number of amides is 1. The van der Waals surface area contributed by atoms with E-state index in [2.05, 4.69) is 20.2 Å². The van der Waals surface area contributed by atoms with Crippen LogP contribution >= 0.6 is 11.6 Å². The van der Waals surface area contributed by atoms with Crippen LogP contribution in [0.5, 0.6) is 0 Å². The highest BCUT2D eigenvalue weighted by Crippen LogP contribution is 2.19. The monoisotopic (exact) mass is 424 g/mol. The van der Waals surface area contributed by atoms with Gasteiger partial charge >= 0.3 is 0 Å². The Labute approximate surface area is 164 Å². The number of sulfonamides is 1. The van der Waals surface area contributed by atoms with E-state index in [0.29, 0.717) is 11.5 Å². The van der Waals surface area contributed by atoms with Gasteiger partial charge in [0.15, 0.2) is 5.69 Å². The van der Waals surface area contributed by atoms with Crippen LogP contribution in [0.25, 0.3) is 0 Å². The summed E-state index contributed by atoms with van der Waals surface area (Å²) in [4.78, 5) is 11.8. The van der Waals surface area contributed by atoms with Crippen molar-refractivity contribution in [3.63, 3.8) is 0 Å². The zero-order chi connectivity index (χ0) is 20.1. The van der Waals surface area contributed by atoms with Crippen molar-refractivity contribution in [2.24, 2.45) is 0 Å². The average Bonchev–Trinajstić information content (AvgIpc) is 3.20. The van der Waals surface area contributed by atoms with Crippen molar-refractivity contribution in [3.8, 4) is 0 Å². The number of benzene rings is 1. The Balaban J connectivity index is 1.59. The molecule has 146 valence electrons. The van der Waals surface area contributed by atoms with E-state index in [9.17, 15) is 17.6 Å². The quantitative estimate of drug-likeness (QED) is 0.601. The van der Waals surface area contributed by atoms with E-state index in [1.165, 1.54) is 18.4 Å². The van der Waals surface area contributed by atoms with Gasteiger partial charge in [-0.1, -0.05) is 11.6 Å². The van der Waals surface area contributed by atoms with Crippen molar-refractivity contribution < 1.29 is 22.0 Å². The normalized spacial score (nSPS) is 11.4. The van der Waals surface area contributed by atoms with Crippen LogP contribution in [0.15, 0.2) is 58.0 Å². The van der Waals surface area contributed by atoms with Crippen LogP contribution in [0.3, 0.4) is 0 Å². The second-order valence-electron chi connectivity index (χ2n) is 5.57. The maximum absolute atomic E-state index is 13.2. The fourth-order valence-electron chi connectivity index (χ4n) is 2.14. The molecule has 8 nitrogen and oxygen atoms in total. The maximum Gasteiger partial charge on any atom is 0.272 e. The predicted octanol–water partition coefficient (Wildman–Crippen LogP) is 2.27. The zero-order valence-electron chi connectivity index (χ0n) is 14.2. The molecule has 0 bridgehead atoms. The van der Waals surface area contributed by atoms with Crippen LogP contribution < -0.4 is 10.0 Å². The molecular formula is C17H14ClFN4O4S. The van der Waals surface area contributed by atoms with Gasteiger partial charge in [-0.15, -0.1) is 5.10 Å². The first kappa shape index (κ1) is 19.9. The van der Waals surface area contributed by atoms with E-state index in [0.717, 1.165) is 18.2 Å². The summed E-state index contributed by atoms with van der Waals surface area (Å²) in [6.07, 6.45) is 1.50. The number of carbonyl (C=O) groups is 1. The highest BCUT2D eigenvalue weighted by molar-refractivity contribution is 7.89. The topological polar surface area (TPSA) is 114 Å². The largest absolute Gasteiger partial charge is 0.467 e. The first-order valence-electron chi connectivity index (χ1n) is 7.93. The molecule has 0 aliphatic heterocycles. The molecule has 11 heteroatoms. The van der Waals surface area contributed by atoms with E-state index < -0.39 is 21.7 Å². The number of rotatable bonds is 7. The van der Waals surface area contributed by atoms with Crippen molar-refractivity contribution in [2.45, 2.75) is 18.0 Å². The second-order valence-corrected chi connectivity index (χ2v) is 7.75. The number of halogens is 2. The lowest BCUT2D eigenvalue weighted by Gasteiger charge is -2.07. The molecule has 0 unspecified atom stereocenters. The molecule has 0 saturated carbocycles. The number of aromatic nitrogens is 2. The SMILES string of the molecule is O=C(NCc1ccco1)c1ccc(CNS(=O)(=O)c2ccc(F)c(Cl)c2)nn1. The lowest BCUT2D eigenvalue weighted by molar-refractivity contribution is 0.0942. The van der Waals surface area contributed by atoms with Gasteiger partial charge in [0.25, 0.3) is 5.91 Å². The summed E-state index contributed by atoms with van der Waals surface area (Å²) >= 11 is 5.61. The summed E-state index contributed by atoms with van der Waals surface area (Å²) in [6, 6.07) is 9.39. The number of hydrogen-bond donors (Lipinski definition) is 2. The van der Waals surface area contributed by atoms with Gasteiger partial charge in [0.05, 0.1) is 35.0 Å². The molecule has 3 aromatic rings. The van der Waals surface area contributed by atoms with Gasteiger partial charge in [0, 0.05) is 0 Å². The van der Waals surface area contributed by atoms with Crippen molar-refractivity contribution >= 4 is 27.5 Å². The number of nitrogens with zero attached hydrogens (tertiary/aromatic N) is 2. The Morgan fingerprint density at radius 1 is 1.14 bits per heavy atom. The smallest absolute Gasteiger partial charge is 0.272 e. The van der Waals surface area contributed by atoms with Gasteiger partial charge in [-0.3, -0.25) is 4.79 Å². The summed E-state index contributed by atoms with van der Waals surface area (Å²) in [7, 11) is -3.92. The molecule has 1 aromatic carbocycles. The van der Waals surface area contributed by atoms with Gasteiger partial charge in [-0.05, 0) is 42.5 Å². The van der Waals surface area contributed by atoms with Gasteiger partial charge in [-0.25, -0.2) is 17.5 Å². The number of carbonyl (C=O) groups excluding carboxylic acids is 1. The predicted molar refractivity (Wildman–Crippen MR) is 97.3 cm³/mol. The minimum absolute atomic E-state index is 0.0727. The van der Waals surface area contributed by atoms with Crippen LogP contribution in [0.2, 0.25) is 5.02 Å². The van der Waals surface area contributed by atoms with Crippen LogP contribution in [0, 0.1) is 5.82 Å². The first-order chi connectivity index (χ1) is 13.3. The Morgan fingerprint density at radius 3 is 2.61 bits per heavy atom. The van der Waals surface area contributed by atoms with Gasteiger partial charge in [0.1, 0.15) is 11.6 Å². The van der Waals surface area contributed by atoms with Crippen LogP contribution in [0.4, 0.5) is 4.39 Å². The second kappa shape index (κ2) is 8.46. The third-order valence-electron chi connectivity index (χ3n) is 3.60. The molecule has 0 aliphatic rings. The molecule has 0 atom stereocenters. The molecule has 28 heavy (non-hydrogen) atoms. The van der Waals surface area contributed by atoms with Crippen molar-refractivity contribution in [1.29, 1.82) is 0 Å². The lowest BCUT2D eigenvalue weighted by Crippen LogP contribution is -2.25. The lowest BCUT2D eigenvalue weighted by atomic mass is 10.3. The molecule has 0 saturated heterocycles. The third kappa shape index (κ3) is 4.91. The summed E-state index contributed by atoms with van der Waals surface area (Å²) in [6.45, 7) is 0.0356. The van der Waals surface area contributed by atoms with E-state index in [1.807, 2.05) is 0 Å². The molecule has 3 rings (SSSR count). The number of hydrogen-bond acceptors (Lipinski definition) is 6. The molecule has 0 fully saturated rings. The molecule has 1 amide bonds. The first-order valence-corrected chi connectivity index (χ1v) is 9.79. The van der Waals surface area contributed by atoms with Gasteiger partial charge in [0.2, 0.25) is 10.0 Å². The maximum atomic E-state index is 13.2. The van der Waals surface area contributed by atoms with Crippen molar-refractivity contribution in [3.05, 3.63) is 76.7 Å². The minimum Gasteiger partial charge on any atom is -0.467 e. The van der Waals surface area contributed by atoms with Gasteiger partial charge < -0.3 is 9.73 Å². The zero-order valence-corrected chi connectivity index (χ0v) is 15.8. The molecule has 0 spiro atoms. The highest BCUT2D eigenvalue weighted by Gasteiger charge is 2.16. The Hall–Kier alpha value is -2.82. The van der Waals surface area contributed by atoms with Crippen LogP contribution in [-0.4, -0.2) is 24.5 Å². The van der Waals surface area contributed by atoms with Crippen molar-refractivity contribution in [1.82, 2.24) is 20.2 Å². The van der Waals surface area contributed by atoms with Gasteiger partial charge in [-0.2, -0.15) is 5.10 Å². The molecule has 0 radical (unpaired) electrons. The fraction of sp³-hybridized carbons (Fsp3) is 0.118. The Kier molecular flexibility index (Phi) is 6.02. The summed E-state index contributed by atoms with van der Waals surface area (Å²) in [5, 5.41) is 9.93. The van der Waals surface area contributed by atoms with Crippen LogP contribution in [0.1, 0.15) is 21.9 Å². The van der Waals surface area contributed by atoms with E-state index in [4.69, 9.17) is 16.0 Å². The fourth-order valence-corrected chi connectivity index (χ4v) is 3.41. The van der Waals surface area contributed by atoms with Crippen molar-refractivity contribution in [2.75, 3.05) is 0 Å². The van der Waals surface area contributed by atoms with Crippen LogP contribution in [-0.2, 0) is 23.1 Å². The molecule has 2 heterocycles. The summed E-state index contributed by atoms with van der Waals surface area (Å²) in [5.74, 6) is -0.572. The molecule has 0 aliphatic carbocycles. The van der Waals surface area contributed by atoms with E-state index in [1.54, 1.807) is 12.1 Å². The standard InChI is InChI=1S/C17H14ClFN4O4S/c18-14-8-13(4-5-15(14)19)28(25,26)21-9-11-3-6-16(23-22-11)17(24)20-10-12-2-1-7-27-12/h1-8,21H,9-10H2,(H,20,24). The third-order valence-corrected chi connectivity index (χ3v) is 5.29. The highest BCUT2D eigenvalue weighted by atomic mass is 35.5. The molecular weight excluding hydrogens is 411 g/mol. The Bertz CT molecular complexity index is 1070. The minimum atomic E-state index is -3.92. The average molecular weight is 425 g/mol. The summed E-state index contributed by atoms with van der Waals surface area (Å²) in [5.41, 5.74) is 0.364. The number of furan rings is 1. The van der Waals surface area contributed by atoms with E-state index in [-0.39, 0.29) is 28.7 Å². The van der Waals surface area contributed by atoms with E-state index >= 15 is 0 Å². The summed E-state index contributed by atoms with van der Waals surface area (Å²) < 4.78 is 45.0. The molecule has 2 aromatic heterocycles. The molecule has 2 N–H and O–H groups in total. The Morgan fingerprint density at radius 2 is 1.96 bits per heavy atom.